The number of benzene rings is 2. The lowest BCUT2D eigenvalue weighted by Crippen LogP contribution is -2.01. The van der Waals surface area contributed by atoms with E-state index in [0.29, 0.717) is 0 Å². The van der Waals surface area contributed by atoms with Gasteiger partial charge < -0.3 is 5.32 Å². The minimum atomic E-state index is 0.796. The molecule has 0 aliphatic rings. The maximum atomic E-state index is 4.31. The number of halogens is 1. The smallest absolute Gasteiger partial charge is 0.109 e. The molecule has 0 aliphatic heterocycles. The van der Waals surface area contributed by atoms with Gasteiger partial charge in [-0.05, 0) is 50.8 Å². The quantitative estimate of drug-likeness (QED) is 0.691. The van der Waals surface area contributed by atoms with E-state index in [4.69, 9.17) is 0 Å². The van der Waals surface area contributed by atoms with Gasteiger partial charge in [0.1, 0.15) is 4.60 Å². The average Bonchev–Trinajstić information content (AvgIpc) is 2.48. The summed E-state index contributed by atoms with van der Waals surface area (Å²) >= 11 is 3.42. The third kappa shape index (κ3) is 2.68. The van der Waals surface area contributed by atoms with E-state index in [9.17, 15) is 0 Å². The number of pyridine rings is 1. The molecule has 3 aromatic rings. The highest BCUT2D eigenvalue weighted by Crippen LogP contribution is 2.21. The Labute approximate surface area is 127 Å². The van der Waals surface area contributed by atoms with Gasteiger partial charge in [0.15, 0.2) is 0 Å². The van der Waals surface area contributed by atoms with E-state index in [0.717, 1.165) is 22.4 Å². The summed E-state index contributed by atoms with van der Waals surface area (Å²) in [5.41, 5.74) is 3.47. The molecule has 0 saturated heterocycles. The molecule has 0 radical (unpaired) electrons. The largest absolute Gasteiger partial charge is 0.380 e. The molecule has 2 aromatic carbocycles. The minimum absolute atomic E-state index is 0.796. The summed E-state index contributed by atoms with van der Waals surface area (Å²) in [6.07, 6.45) is 1.85. The van der Waals surface area contributed by atoms with Crippen LogP contribution < -0.4 is 5.32 Å². The van der Waals surface area contributed by atoms with Crippen molar-refractivity contribution < 1.29 is 0 Å². The zero-order valence-electron chi connectivity index (χ0n) is 11.2. The summed E-state index contributed by atoms with van der Waals surface area (Å²) in [5, 5.41) is 6.01. The number of nitrogens with zero attached hydrogens (tertiary/aromatic N) is 1. The third-order valence-corrected chi connectivity index (χ3v) is 4.21. The molecule has 0 spiro atoms. The topological polar surface area (TPSA) is 24.9 Å². The first-order chi connectivity index (χ1) is 9.74. The molecule has 1 aromatic heterocycles. The van der Waals surface area contributed by atoms with E-state index >= 15 is 0 Å². The highest BCUT2D eigenvalue weighted by Gasteiger charge is 2.02. The Kier molecular flexibility index (Phi) is 3.70. The number of fused-ring (bicyclic) bond motifs is 1. The lowest BCUT2D eigenvalue weighted by atomic mass is 10.0. The Bertz CT molecular complexity index is 748. The summed E-state index contributed by atoms with van der Waals surface area (Å²) in [5.74, 6) is 0. The molecule has 1 N–H and O–H groups in total. The van der Waals surface area contributed by atoms with Crippen LogP contribution in [0.5, 0.6) is 0 Å². The molecule has 3 rings (SSSR count). The monoisotopic (exact) mass is 326 g/mol. The lowest BCUT2D eigenvalue weighted by molar-refractivity contribution is 1.13. The van der Waals surface area contributed by atoms with Crippen molar-refractivity contribution in [2.45, 2.75) is 13.5 Å². The molecule has 0 saturated carbocycles. The number of rotatable bonds is 3. The van der Waals surface area contributed by atoms with Gasteiger partial charge in [-0.15, -0.1) is 0 Å². The Morgan fingerprint density at radius 2 is 1.90 bits per heavy atom. The van der Waals surface area contributed by atoms with Crippen LogP contribution in [0.3, 0.4) is 0 Å². The van der Waals surface area contributed by atoms with Gasteiger partial charge in [0.25, 0.3) is 0 Å². The normalized spacial score (nSPS) is 10.7. The van der Waals surface area contributed by atoms with E-state index in [-0.39, 0.29) is 0 Å². The van der Waals surface area contributed by atoms with Crippen molar-refractivity contribution in [3.05, 3.63) is 70.5 Å². The molecular formula is C17H15BrN2. The third-order valence-electron chi connectivity index (χ3n) is 3.38. The molecule has 2 nitrogen and oxygen atoms in total. The van der Waals surface area contributed by atoms with Gasteiger partial charge in [0.2, 0.25) is 0 Å². The molecule has 0 fully saturated rings. The van der Waals surface area contributed by atoms with Gasteiger partial charge in [0, 0.05) is 6.54 Å². The molecule has 20 heavy (non-hydrogen) atoms. The molecule has 0 atom stereocenters. The van der Waals surface area contributed by atoms with Crippen molar-refractivity contribution >= 4 is 32.4 Å². The van der Waals surface area contributed by atoms with Gasteiger partial charge in [-0.1, -0.05) is 42.5 Å². The Morgan fingerprint density at radius 1 is 1.10 bits per heavy atom. The van der Waals surface area contributed by atoms with E-state index in [2.05, 4.69) is 74.8 Å². The van der Waals surface area contributed by atoms with Crippen molar-refractivity contribution in [1.82, 2.24) is 4.98 Å². The van der Waals surface area contributed by atoms with Crippen LogP contribution >= 0.6 is 15.9 Å². The second-order valence-electron chi connectivity index (χ2n) is 4.82. The van der Waals surface area contributed by atoms with E-state index in [1.807, 2.05) is 13.1 Å². The summed E-state index contributed by atoms with van der Waals surface area (Å²) in [4.78, 5) is 4.31. The zero-order valence-corrected chi connectivity index (χ0v) is 12.8. The van der Waals surface area contributed by atoms with Crippen LogP contribution in [0.4, 0.5) is 5.69 Å². The Balaban J connectivity index is 1.85. The fourth-order valence-corrected chi connectivity index (χ4v) is 2.52. The minimum Gasteiger partial charge on any atom is -0.380 e. The van der Waals surface area contributed by atoms with Crippen LogP contribution in [0.1, 0.15) is 11.1 Å². The summed E-state index contributed by atoms with van der Waals surface area (Å²) < 4.78 is 0.896. The number of aromatic nitrogens is 1. The molecule has 3 heteroatoms. The molecular weight excluding hydrogens is 312 g/mol. The highest BCUT2D eigenvalue weighted by atomic mass is 79.9. The van der Waals surface area contributed by atoms with E-state index in [1.165, 1.54) is 16.3 Å². The Morgan fingerprint density at radius 3 is 2.75 bits per heavy atom. The standard InChI is InChI=1S/C17H15BrN2/c1-12-9-15(11-20-17(12)18)19-10-14-7-4-6-13-5-2-3-8-16(13)14/h2-9,11,19H,10H2,1H3. The van der Waals surface area contributed by atoms with Crippen molar-refractivity contribution in [3.8, 4) is 0 Å². The van der Waals surface area contributed by atoms with Crippen LogP contribution in [0.15, 0.2) is 59.3 Å². The van der Waals surface area contributed by atoms with Gasteiger partial charge in [-0.2, -0.15) is 0 Å². The van der Waals surface area contributed by atoms with Crippen molar-refractivity contribution in [2.75, 3.05) is 5.32 Å². The van der Waals surface area contributed by atoms with Crippen LogP contribution in [-0.2, 0) is 6.54 Å². The lowest BCUT2D eigenvalue weighted by Gasteiger charge is -2.10. The van der Waals surface area contributed by atoms with Crippen molar-refractivity contribution in [2.24, 2.45) is 0 Å². The first kappa shape index (κ1) is 13.1. The van der Waals surface area contributed by atoms with E-state index < -0.39 is 0 Å². The maximum Gasteiger partial charge on any atom is 0.109 e. The summed E-state index contributed by atoms with van der Waals surface area (Å²) in [7, 11) is 0. The van der Waals surface area contributed by atoms with Gasteiger partial charge >= 0.3 is 0 Å². The van der Waals surface area contributed by atoms with Gasteiger partial charge in [-0.3, -0.25) is 0 Å². The second kappa shape index (κ2) is 5.63. The van der Waals surface area contributed by atoms with Crippen LogP contribution in [-0.4, -0.2) is 4.98 Å². The Hall–Kier alpha value is -1.87. The maximum absolute atomic E-state index is 4.31. The SMILES string of the molecule is Cc1cc(NCc2cccc3ccccc23)cnc1Br. The first-order valence-corrected chi connectivity index (χ1v) is 7.36. The van der Waals surface area contributed by atoms with Crippen molar-refractivity contribution in [3.63, 3.8) is 0 Å². The summed E-state index contributed by atoms with van der Waals surface area (Å²) in [6.45, 7) is 2.84. The number of nitrogens with one attached hydrogen (secondary N) is 1. The molecule has 1 heterocycles. The zero-order chi connectivity index (χ0) is 13.9. The van der Waals surface area contributed by atoms with Crippen LogP contribution in [0, 0.1) is 6.92 Å². The number of aryl methyl sites for hydroxylation is 1. The van der Waals surface area contributed by atoms with Crippen LogP contribution in [0.25, 0.3) is 10.8 Å². The van der Waals surface area contributed by atoms with Gasteiger partial charge in [0.05, 0.1) is 11.9 Å². The number of hydrogen-bond donors (Lipinski definition) is 1. The van der Waals surface area contributed by atoms with E-state index in [1.54, 1.807) is 0 Å². The highest BCUT2D eigenvalue weighted by molar-refractivity contribution is 9.10. The molecule has 0 aliphatic carbocycles. The summed E-state index contributed by atoms with van der Waals surface area (Å²) in [6, 6.07) is 17.0. The molecule has 0 bridgehead atoms. The molecule has 100 valence electrons. The number of anilines is 1. The van der Waals surface area contributed by atoms with Gasteiger partial charge in [-0.25, -0.2) is 4.98 Å². The number of hydrogen-bond acceptors (Lipinski definition) is 2. The van der Waals surface area contributed by atoms with Crippen LogP contribution in [0.2, 0.25) is 0 Å². The fraction of sp³-hybridized carbons (Fsp3) is 0.118. The van der Waals surface area contributed by atoms with Crippen molar-refractivity contribution in [1.29, 1.82) is 0 Å². The first-order valence-electron chi connectivity index (χ1n) is 6.57. The predicted octanol–water partition coefficient (Wildman–Crippen LogP) is 4.92. The molecule has 0 amide bonds. The predicted molar refractivity (Wildman–Crippen MR) is 87.9 cm³/mol. The fourth-order valence-electron chi connectivity index (χ4n) is 2.30. The second-order valence-corrected chi connectivity index (χ2v) is 5.57. The molecule has 0 unspecified atom stereocenters. The average molecular weight is 327 g/mol.